The molecule has 0 aromatic heterocycles. The van der Waals surface area contributed by atoms with Crippen LogP contribution < -0.4 is 11.1 Å². The molecule has 0 bridgehead atoms. The van der Waals surface area contributed by atoms with Gasteiger partial charge in [0.15, 0.2) is 0 Å². The number of rotatable bonds is 4. The van der Waals surface area contributed by atoms with Crippen molar-refractivity contribution in [3.63, 3.8) is 0 Å². The summed E-state index contributed by atoms with van der Waals surface area (Å²) in [5, 5.41) is 3.26. The molecule has 1 unspecified atom stereocenters. The Morgan fingerprint density at radius 2 is 2.31 bits per heavy atom. The second-order valence-electron chi connectivity index (χ2n) is 3.44. The fourth-order valence-corrected chi connectivity index (χ4v) is 2.02. The van der Waals surface area contributed by atoms with Gasteiger partial charge in [0.25, 0.3) is 5.91 Å². The molecule has 1 atom stereocenters. The van der Waals surface area contributed by atoms with Crippen molar-refractivity contribution in [2.45, 2.75) is 19.4 Å². The highest BCUT2D eigenvalue weighted by molar-refractivity contribution is 9.10. The van der Waals surface area contributed by atoms with E-state index in [1.807, 2.05) is 6.92 Å². The van der Waals surface area contributed by atoms with Crippen LogP contribution in [-0.4, -0.2) is 18.5 Å². The topological polar surface area (TPSA) is 55.1 Å². The summed E-state index contributed by atoms with van der Waals surface area (Å²) in [6.07, 6.45) is 0.802. The van der Waals surface area contributed by atoms with Crippen molar-refractivity contribution in [1.29, 1.82) is 0 Å². The molecule has 1 rings (SSSR count). The number of benzene rings is 1. The zero-order valence-electron chi connectivity index (χ0n) is 8.97. The van der Waals surface area contributed by atoms with Gasteiger partial charge >= 0.3 is 0 Å². The first-order valence-corrected chi connectivity index (χ1v) is 6.21. The van der Waals surface area contributed by atoms with Gasteiger partial charge in [0, 0.05) is 17.1 Å². The van der Waals surface area contributed by atoms with Crippen molar-refractivity contribution < 1.29 is 4.79 Å². The number of amides is 1. The quantitative estimate of drug-likeness (QED) is 0.898. The lowest BCUT2D eigenvalue weighted by atomic mass is 10.1. The zero-order valence-corrected chi connectivity index (χ0v) is 11.3. The molecule has 0 saturated carbocycles. The summed E-state index contributed by atoms with van der Waals surface area (Å²) in [5.41, 5.74) is 5.99. The number of hydrogen-bond donors (Lipinski definition) is 2. The maximum Gasteiger partial charge on any atom is 0.253 e. The van der Waals surface area contributed by atoms with Crippen molar-refractivity contribution in [3.8, 4) is 0 Å². The van der Waals surface area contributed by atoms with E-state index in [9.17, 15) is 4.79 Å². The third-order valence-electron chi connectivity index (χ3n) is 2.29. The number of nitrogens with one attached hydrogen (secondary N) is 1. The Morgan fingerprint density at radius 3 is 2.81 bits per heavy atom. The van der Waals surface area contributed by atoms with Crippen LogP contribution in [0.5, 0.6) is 0 Å². The molecule has 0 saturated heterocycles. The molecule has 88 valence electrons. The summed E-state index contributed by atoms with van der Waals surface area (Å²) in [6, 6.07) is 5.15. The summed E-state index contributed by atoms with van der Waals surface area (Å²) in [7, 11) is 0. The smallest absolute Gasteiger partial charge is 0.253 e. The van der Waals surface area contributed by atoms with Crippen LogP contribution in [0.3, 0.4) is 0 Å². The third kappa shape index (κ3) is 3.47. The first kappa shape index (κ1) is 13.5. The largest absolute Gasteiger partial charge is 0.348 e. The number of nitrogens with two attached hydrogens (primary N) is 1. The Hall–Kier alpha value is -0.580. The van der Waals surface area contributed by atoms with Crippen LogP contribution in [0.25, 0.3) is 0 Å². The molecule has 3 N–H and O–H groups in total. The van der Waals surface area contributed by atoms with Crippen molar-refractivity contribution in [3.05, 3.63) is 33.3 Å². The minimum atomic E-state index is -0.185. The van der Waals surface area contributed by atoms with Gasteiger partial charge in [-0.25, -0.2) is 0 Å². The third-order valence-corrected chi connectivity index (χ3v) is 3.09. The fraction of sp³-hybridized carbons (Fsp3) is 0.364. The highest BCUT2D eigenvalue weighted by Crippen LogP contribution is 2.21. The van der Waals surface area contributed by atoms with E-state index in [4.69, 9.17) is 17.3 Å². The summed E-state index contributed by atoms with van der Waals surface area (Å²) in [6.45, 7) is 2.40. The molecule has 1 aromatic carbocycles. The lowest BCUT2D eigenvalue weighted by molar-refractivity contribution is 0.0937. The molecule has 16 heavy (non-hydrogen) atoms. The van der Waals surface area contributed by atoms with Crippen molar-refractivity contribution in [1.82, 2.24) is 5.32 Å². The van der Waals surface area contributed by atoms with Crippen LogP contribution in [0.4, 0.5) is 0 Å². The highest BCUT2D eigenvalue weighted by atomic mass is 79.9. The van der Waals surface area contributed by atoms with Crippen LogP contribution in [0.15, 0.2) is 22.7 Å². The van der Waals surface area contributed by atoms with Gasteiger partial charge in [0.1, 0.15) is 0 Å². The molecule has 0 aliphatic rings. The van der Waals surface area contributed by atoms with Crippen LogP contribution in [0.1, 0.15) is 23.7 Å². The SMILES string of the molecule is CCC(CN)NC(=O)c1ccc(Br)cc1Cl. The normalized spacial score (nSPS) is 12.2. The van der Waals surface area contributed by atoms with Gasteiger partial charge in [-0.15, -0.1) is 0 Å². The molecule has 3 nitrogen and oxygen atoms in total. The molecule has 0 radical (unpaired) electrons. The van der Waals surface area contributed by atoms with E-state index in [1.54, 1.807) is 18.2 Å². The summed E-state index contributed by atoms with van der Waals surface area (Å²) >= 11 is 9.26. The molecule has 0 heterocycles. The van der Waals surface area contributed by atoms with Crippen molar-refractivity contribution in [2.24, 2.45) is 5.73 Å². The van der Waals surface area contributed by atoms with Gasteiger partial charge in [0.05, 0.1) is 10.6 Å². The average molecular weight is 306 g/mol. The van der Waals surface area contributed by atoms with Gasteiger partial charge < -0.3 is 11.1 Å². The van der Waals surface area contributed by atoms with Gasteiger partial charge in [-0.2, -0.15) is 0 Å². The summed E-state index contributed by atoms with van der Waals surface area (Å²) in [5.74, 6) is -0.185. The Balaban J connectivity index is 2.80. The molecule has 0 aliphatic heterocycles. The Labute approximate surface area is 108 Å². The van der Waals surface area contributed by atoms with E-state index < -0.39 is 0 Å². The van der Waals surface area contributed by atoms with Crippen LogP contribution >= 0.6 is 27.5 Å². The molecule has 5 heteroatoms. The first-order chi connectivity index (χ1) is 7.58. The van der Waals surface area contributed by atoms with E-state index in [1.165, 1.54) is 0 Å². The van der Waals surface area contributed by atoms with E-state index in [2.05, 4.69) is 21.2 Å². The summed E-state index contributed by atoms with van der Waals surface area (Å²) < 4.78 is 0.847. The minimum Gasteiger partial charge on any atom is -0.348 e. The lowest BCUT2D eigenvalue weighted by Crippen LogP contribution is -2.39. The maximum absolute atomic E-state index is 11.8. The average Bonchev–Trinajstić information content (AvgIpc) is 2.25. The van der Waals surface area contributed by atoms with Crippen LogP contribution in [-0.2, 0) is 0 Å². The van der Waals surface area contributed by atoms with E-state index in [-0.39, 0.29) is 11.9 Å². The second-order valence-corrected chi connectivity index (χ2v) is 4.76. The molecule has 0 fully saturated rings. The first-order valence-electron chi connectivity index (χ1n) is 5.04. The summed E-state index contributed by atoms with van der Waals surface area (Å²) in [4.78, 5) is 11.8. The lowest BCUT2D eigenvalue weighted by Gasteiger charge is -2.15. The molecule has 1 aromatic rings. The van der Waals surface area contributed by atoms with Gasteiger partial charge in [-0.05, 0) is 24.6 Å². The van der Waals surface area contributed by atoms with Gasteiger partial charge in [0.2, 0.25) is 0 Å². The zero-order chi connectivity index (χ0) is 12.1. The Kier molecular flexibility index (Phi) is 5.25. The monoisotopic (exact) mass is 304 g/mol. The fourth-order valence-electron chi connectivity index (χ4n) is 1.26. The second kappa shape index (κ2) is 6.23. The number of carbonyl (C=O) groups excluding carboxylic acids is 1. The standard InChI is InChI=1S/C11H14BrClN2O/c1-2-8(6-14)15-11(16)9-4-3-7(12)5-10(9)13/h3-5,8H,2,6,14H2,1H3,(H,15,16). The Bertz CT molecular complexity index is 380. The minimum absolute atomic E-state index is 0.00721. The number of hydrogen-bond acceptors (Lipinski definition) is 2. The number of carbonyl (C=O) groups is 1. The maximum atomic E-state index is 11.8. The van der Waals surface area contributed by atoms with Crippen LogP contribution in [0.2, 0.25) is 5.02 Å². The molecular formula is C11H14BrClN2O. The molecule has 1 amide bonds. The van der Waals surface area contributed by atoms with E-state index >= 15 is 0 Å². The molecule has 0 aliphatic carbocycles. The van der Waals surface area contributed by atoms with Crippen molar-refractivity contribution in [2.75, 3.05) is 6.54 Å². The van der Waals surface area contributed by atoms with E-state index in [0.29, 0.717) is 17.1 Å². The predicted molar refractivity (Wildman–Crippen MR) is 69.8 cm³/mol. The molecular weight excluding hydrogens is 291 g/mol. The van der Waals surface area contributed by atoms with Gasteiger partial charge in [-0.1, -0.05) is 34.5 Å². The van der Waals surface area contributed by atoms with Crippen LogP contribution in [0, 0.1) is 0 Å². The number of halogens is 2. The predicted octanol–water partition coefficient (Wildman–Crippen LogP) is 2.57. The van der Waals surface area contributed by atoms with E-state index in [0.717, 1.165) is 10.9 Å². The molecule has 0 spiro atoms. The van der Waals surface area contributed by atoms with Gasteiger partial charge in [-0.3, -0.25) is 4.79 Å². The highest BCUT2D eigenvalue weighted by Gasteiger charge is 2.13. The van der Waals surface area contributed by atoms with Crippen molar-refractivity contribution >= 4 is 33.4 Å². The Morgan fingerprint density at radius 1 is 1.62 bits per heavy atom.